The fourth-order valence-electron chi connectivity index (χ4n) is 3.52. The Kier molecular flexibility index (Phi) is 5.65. The zero-order valence-corrected chi connectivity index (χ0v) is 13.7. The molecular formula is C19H31N. The van der Waals surface area contributed by atoms with E-state index in [1.54, 1.807) is 0 Å². The lowest BCUT2D eigenvalue weighted by Crippen LogP contribution is -2.44. The molecule has 0 amide bonds. The summed E-state index contributed by atoms with van der Waals surface area (Å²) in [6.45, 7) is 9.36. The third kappa shape index (κ3) is 4.34. The molecule has 1 aromatic carbocycles. The number of rotatable bonds is 5. The molecule has 1 saturated carbocycles. The number of hydrogen-bond donors (Lipinski definition) is 1. The number of aryl methyl sites for hydroxylation is 2. The van der Waals surface area contributed by atoms with Gasteiger partial charge in [0.1, 0.15) is 0 Å². The largest absolute Gasteiger partial charge is 0.311 e. The Labute approximate surface area is 125 Å². The van der Waals surface area contributed by atoms with Gasteiger partial charge < -0.3 is 5.32 Å². The van der Waals surface area contributed by atoms with Crippen LogP contribution < -0.4 is 5.32 Å². The van der Waals surface area contributed by atoms with Crippen molar-refractivity contribution in [2.24, 2.45) is 11.8 Å². The van der Waals surface area contributed by atoms with Gasteiger partial charge in [-0.1, -0.05) is 56.5 Å². The summed E-state index contributed by atoms with van der Waals surface area (Å²) in [4.78, 5) is 0. The predicted octanol–water partition coefficient (Wildman–Crippen LogP) is 4.73. The molecule has 1 aliphatic rings. The maximum absolute atomic E-state index is 3.88. The van der Waals surface area contributed by atoms with Gasteiger partial charge in [-0.25, -0.2) is 0 Å². The second kappa shape index (κ2) is 7.26. The van der Waals surface area contributed by atoms with Gasteiger partial charge in [0.05, 0.1) is 0 Å². The van der Waals surface area contributed by atoms with E-state index in [4.69, 9.17) is 0 Å². The number of benzene rings is 1. The SMILES string of the molecule is Cc1cccc(CCC(C)NC2CCCC(C)C2C)c1. The highest BCUT2D eigenvalue weighted by Gasteiger charge is 2.27. The second-order valence-electron chi connectivity index (χ2n) is 6.97. The van der Waals surface area contributed by atoms with E-state index < -0.39 is 0 Å². The van der Waals surface area contributed by atoms with E-state index in [1.807, 2.05) is 0 Å². The standard InChI is InChI=1S/C19H31N/c1-14-7-5-9-18(13-14)12-11-16(3)20-19-10-6-8-15(2)17(19)4/h5,7,9,13,15-17,19-20H,6,8,10-12H2,1-4H3. The highest BCUT2D eigenvalue weighted by Crippen LogP contribution is 2.29. The molecule has 0 heterocycles. The minimum Gasteiger partial charge on any atom is -0.311 e. The fourth-order valence-corrected chi connectivity index (χ4v) is 3.52. The van der Waals surface area contributed by atoms with E-state index in [0.29, 0.717) is 6.04 Å². The third-order valence-corrected chi connectivity index (χ3v) is 5.15. The zero-order chi connectivity index (χ0) is 14.5. The average Bonchev–Trinajstić information content (AvgIpc) is 2.42. The lowest BCUT2D eigenvalue weighted by molar-refractivity contribution is 0.194. The van der Waals surface area contributed by atoms with Crippen LogP contribution in [0.4, 0.5) is 0 Å². The molecule has 1 fully saturated rings. The first-order valence-electron chi connectivity index (χ1n) is 8.38. The topological polar surface area (TPSA) is 12.0 Å². The first-order valence-corrected chi connectivity index (χ1v) is 8.38. The van der Waals surface area contributed by atoms with Gasteiger partial charge in [0.25, 0.3) is 0 Å². The molecule has 1 aliphatic carbocycles. The zero-order valence-electron chi connectivity index (χ0n) is 13.7. The van der Waals surface area contributed by atoms with Crippen molar-refractivity contribution < 1.29 is 0 Å². The third-order valence-electron chi connectivity index (χ3n) is 5.15. The molecule has 0 bridgehead atoms. The Morgan fingerprint density at radius 3 is 2.80 bits per heavy atom. The summed E-state index contributed by atoms with van der Waals surface area (Å²) in [6.07, 6.45) is 6.60. The molecule has 0 aromatic heterocycles. The maximum atomic E-state index is 3.88. The van der Waals surface area contributed by atoms with E-state index in [0.717, 1.165) is 17.9 Å². The van der Waals surface area contributed by atoms with E-state index in [-0.39, 0.29) is 0 Å². The molecule has 1 nitrogen and oxygen atoms in total. The number of nitrogens with one attached hydrogen (secondary N) is 1. The van der Waals surface area contributed by atoms with Crippen LogP contribution in [0.15, 0.2) is 24.3 Å². The lowest BCUT2D eigenvalue weighted by Gasteiger charge is -2.36. The van der Waals surface area contributed by atoms with E-state index in [1.165, 1.54) is 43.2 Å². The van der Waals surface area contributed by atoms with Crippen LogP contribution in [0.3, 0.4) is 0 Å². The van der Waals surface area contributed by atoms with Crippen LogP contribution in [0.5, 0.6) is 0 Å². The molecule has 0 spiro atoms. The molecule has 0 radical (unpaired) electrons. The Hall–Kier alpha value is -0.820. The highest BCUT2D eigenvalue weighted by atomic mass is 15.0. The summed E-state index contributed by atoms with van der Waals surface area (Å²) >= 11 is 0. The van der Waals surface area contributed by atoms with Crippen LogP contribution in [0.25, 0.3) is 0 Å². The fraction of sp³-hybridized carbons (Fsp3) is 0.684. The summed E-state index contributed by atoms with van der Waals surface area (Å²) in [6, 6.07) is 10.3. The van der Waals surface area contributed by atoms with E-state index in [9.17, 15) is 0 Å². The molecule has 1 heteroatoms. The minimum atomic E-state index is 0.619. The van der Waals surface area contributed by atoms with Crippen molar-refractivity contribution in [2.45, 2.75) is 71.9 Å². The van der Waals surface area contributed by atoms with Crippen LogP contribution in [-0.4, -0.2) is 12.1 Å². The Morgan fingerprint density at radius 1 is 1.25 bits per heavy atom. The van der Waals surface area contributed by atoms with Crippen LogP contribution in [0.2, 0.25) is 0 Å². The molecule has 4 atom stereocenters. The minimum absolute atomic E-state index is 0.619. The van der Waals surface area contributed by atoms with Gasteiger partial charge in [0.15, 0.2) is 0 Å². The molecular weight excluding hydrogens is 242 g/mol. The average molecular weight is 273 g/mol. The molecule has 0 aliphatic heterocycles. The summed E-state index contributed by atoms with van der Waals surface area (Å²) in [5, 5.41) is 3.88. The van der Waals surface area contributed by atoms with Gasteiger partial charge >= 0.3 is 0 Å². The maximum Gasteiger partial charge on any atom is 0.00977 e. The molecule has 112 valence electrons. The van der Waals surface area contributed by atoms with E-state index in [2.05, 4.69) is 57.3 Å². The predicted molar refractivity (Wildman–Crippen MR) is 88.1 cm³/mol. The van der Waals surface area contributed by atoms with Crippen molar-refractivity contribution in [1.29, 1.82) is 0 Å². The molecule has 0 saturated heterocycles. The molecule has 20 heavy (non-hydrogen) atoms. The summed E-state index contributed by atoms with van der Waals surface area (Å²) in [5.74, 6) is 1.70. The molecule has 2 rings (SSSR count). The van der Waals surface area contributed by atoms with Gasteiger partial charge in [-0.05, 0) is 50.5 Å². The summed E-state index contributed by atoms with van der Waals surface area (Å²) in [5.41, 5.74) is 2.85. The highest BCUT2D eigenvalue weighted by molar-refractivity contribution is 5.22. The van der Waals surface area contributed by atoms with Crippen molar-refractivity contribution in [3.63, 3.8) is 0 Å². The van der Waals surface area contributed by atoms with Gasteiger partial charge in [-0.3, -0.25) is 0 Å². The van der Waals surface area contributed by atoms with Crippen LogP contribution in [0, 0.1) is 18.8 Å². The van der Waals surface area contributed by atoms with Crippen molar-refractivity contribution in [2.75, 3.05) is 0 Å². The monoisotopic (exact) mass is 273 g/mol. The van der Waals surface area contributed by atoms with Crippen LogP contribution in [-0.2, 0) is 6.42 Å². The van der Waals surface area contributed by atoms with Crippen molar-refractivity contribution in [3.8, 4) is 0 Å². The molecule has 1 N–H and O–H groups in total. The first kappa shape index (κ1) is 15.6. The van der Waals surface area contributed by atoms with Gasteiger partial charge in [-0.15, -0.1) is 0 Å². The number of hydrogen-bond acceptors (Lipinski definition) is 1. The first-order chi connectivity index (χ1) is 9.56. The van der Waals surface area contributed by atoms with Gasteiger partial charge in [-0.2, -0.15) is 0 Å². The second-order valence-corrected chi connectivity index (χ2v) is 6.97. The Balaban J connectivity index is 1.79. The van der Waals surface area contributed by atoms with Crippen molar-refractivity contribution in [3.05, 3.63) is 35.4 Å². The van der Waals surface area contributed by atoms with Crippen molar-refractivity contribution in [1.82, 2.24) is 5.32 Å². The smallest absolute Gasteiger partial charge is 0.00977 e. The normalized spacial score (nSPS) is 28.3. The molecule has 4 unspecified atom stereocenters. The van der Waals surface area contributed by atoms with Crippen LogP contribution in [0.1, 0.15) is 57.6 Å². The van der Waals surface area contributed by atoms with Crippen LogP contribution >= 0.6 is 0 Å². The summed E-state index contributed by atoms with van der Waals surface area (Å²) in [7, 11) is 0. The quantitative estimate of drug-likeness (QED) is 0.817. The molecule has 1 aromatic rings. The summed E-state index contributed by atoms with van der Waals surface area (Å²) < 4.78 is 0. The Morgan fingerprint density at radius 2 is 2.05 bits per heavy atom. The van der Waals surface area contributed by atoms with E-state index >= 15 is 0 Å². The lowest BCUT2D eigenvalue weighted by atomic mass is 9.78. The van der Waals surface area contributed by atoms with Gasteiger partial charge in [0.2, 0.25) is 0 Å². The van der Waals surface area contributed by atoms with Crippen molar-refractivity contribution >= 4 is 0 Å². The Bertz CT molecular complexity index is 412. The van der Waals surface area contributed by atoms with Gasteiger partial charge in [0, 0.05) is 12.1 Å².